The van der Waals surface area contributed by atoms with E-state index in [1.54, 1.807) is 0 Å². The second kappa shape index (κ2) is 7.67. The van der Waals surface area contributed by atoms with E-state index in [-0.39, 0.29) is 12.5 Å². The van der Waals surface area contributed by atoms with Gasteiger partial charge in [0.2, 0.25) is 0 Å². The molecule has 0 aromatic heterocycles. The van der Waals surface area contributed by atoms with Crippen molar-refractivity contribution in [3.8, 4) is 0 Å². The van der Waals surface area contributed by atoms with Crippen LogP contribution in [-0.4, -0.2) is 12.7 Å². The third kappa shape index (κ3) is 5.16. The largest absolute Gasteiger partial charge is 0.389 e. The molecule has 1 unspecified atom stereocenters. The van der Waals surface area contributed by atoms with Crippen LogP contribution in [0.25, 0.3) is 0 Å². The maximum absolute atomic E-state index is 12.5. The molecule has 0 spiro atoms. The van der Waals surface area contributed by atoms with Gasteiger partial charge in [-0.15, -0.1) is 0 Å². The van der Waals surface area contributed by atoms with Crippen LogP contribution in [0.1, 0.15) is 56.3 Å². The predicted molar refractivity (Wildman–Crippen MR) is 76.9 cm³/mol. The summed E-state index contributed by atoms with van der Waals surface area (Å²) in [6.07, 6.45) is -3.01. The summed E-state index contributed by atoms with van der Waals surface area (Å²) in [7, 11) is 0. The number of nitrogens with one attached hydrogen (secondary N) is 1. The second-order valence-corrected chi connectivity index (χ2v) is 5.00. The molecule has 4 heteroatoms. The van der Waals surface area contributed by atoms with Crippen LogP contribution >= 0.6 is 0 Å². The lowest BCUT2D eigenvalue weighted by Gasteiger charge is -2.22. The van der Waals surface area contributed by atoms with E-state index in [9.17, 15) is 13.2 Å². The Labute approximate surface area is 119 Å². The molecule has 114 valence electrons. The van der Waals surface area contributed by atoms with E-state index in [4.69, 9.17) is 0 Å². The van der Waals surface area contributed by atoms with E-state index in [1.807, 2.05) is 19.9 Å². The highest BCUT2D eigenvalue weighted by molar-refractivity contribution is 5.34. The van der Waals surface area contributed by atoms with Crippen molar-refractivity contribution in [3.05, 3.63) is 34.9 Å². The van der Waals surface area contributed by atoms with Crippen LogP contribution in [0, 0.1) is 0 Å². The highest BCUT2D eigenvalue weighted by atomic mass is 19.4. The molecule has 1 atom stereocenters. The molecule has 1 N–H and O–H groups in total. The molecular weight excluding hydrogens is 263 g/mol. The zero-order valence-corrected chi connectivity index (χ0v) is 12.5. The molecule has 1 aromatic rings. The molecule has 0 saturated carbocycles. The van der Waals surface area contributed by atoms with Crippen LogP contribution in [0.3, 0.4) is 0 Å². The molecular formula is C16H24F3N. The van der Waals surface area contributed by atoms with E-state index in [2.05, 4.69) is 24.4 Å². The Morgan fingerprint density at radius 3 is 2.30 bits per heavy atom. The lowest BCUT2D eigenvalue weighted by molar-refractivity contribution is -0.136. The van der Waals surface area contributed by atoms with Crippen molar-refractivity contribution in [1.29, 1.82) is 0 Å². The van der Waals surface area contributed by atoms with Gasteiger partial charge < -0.3 is 5.32 Å². The highest BCUT2D eigenvalue weighted by Crippen LogP contribution is 2.30. The molecule has 20 heavy (non-hydrogen) atoms. The van der Waals surface area contributed by atoms with Gasteiger partial charge in [0.1, 0.15) is 0 Å². The smallest absolute Gasteiger partial charge is 0.310 e. The number of halogens is 3. The fourth-order valence-corrected chi connectivity index (χ4v) is 2.43. The summed E-state index contributed by atoms with van der Waals surface area (Å²) in [5, 5.41) is 3.20. The first-order valence-electron chi connectivity index (χ1n) is 7.33. The molecule has 0 amide bonds. The molecule has 1 rings (SSSR count). The molecule has 0 fully saturated rings. The Morgan fingerprint density at radius 1 is 1.10 bits per heavy atom. The van der Waals surface area contributed by atoms with Crippen LogP contribution in [0.15, 0.2) is 18.2 Å². The summed E-state index contributed by atoms with van der Waals surface area (Å²) < 4.78 is 37.4. The van der Waals surface area contributed by atoms with Crippen LogP contribution in [-0.2, 0) is 12.8 Å². The topological polar surface area (TPSA) is 12.0 Å². The van der Waals surface area contributed by atoms with Gasteiger partial charge in [0.05, 0.1) is 0 Å². The molecule has 1 aromatic carbocycles. The Hall–Kier alpha value is -1.03. The molecule has 0 heterocycles. The van der Waals surface area contributed by atoms with Crippen LogP contribution in [0.4, 0.5) is 13.2 Å². The predicted octanol–water partition coefficient (Wildman–Crippen LogP) is 4.80. The van der Waals surface area contributed by atoms with E-state index >= 15 is 0 Å². The maximum atomic E-state index is 12.5. The number of alkyl halides is 3. The van der Waals surface area contributed by atoms with Gasteiger partial charge in [0, 0.05) is 12.5 Å². The summed E-state index contributed by atoms with van der Waals surface area (Å²) in [5.41, 5.74) is 3.33. The van der Waals surface area contributed by atoms with Gasteiger partial charge in [-0.3, -0.25) is 0 Å². The van der Waals surface area contributed by atoms with Crippen molar-refractivity contribution < 1.29 is 13.2 Å². The first-order chi connectivity index (χ1) is 9.41. The SMILES string of the molecule is CCNC(CCC(F)(F)F)c1cc(CC)ccc1CC. The minimum atomic E-state index is -4.09. The van der Waals surface area contributed by atoms with Gasteiger partial charge >= 0.3 is 6.18 Å². The van der Waals surface area contributed by atoms with E-state index in [0.717, 1.165) is 24.0 Å². The lowest BCUT2D eigenvalue weighted by Crippen LogP contribution is -2.24. The van der Waals surface area contributed by atoms with Gasteiger partial charge in [-0.05, 0) is 42.5 Å². The van der Waals surface area contributed by atoms with Gasteiger partial charge in [-0.1, -0.05) is 39.0 Å². The van der Waals surface area contributed by atoms with E-state index in [0.29, 0.717) is 6.54 Å². The van der Waals surface area contributed by atoms with Crippen molar-refractivity contribution in [2.24, 2.45) is 0 Å². The lowest BCUT2D eigenvalue weighted by atomic mass is 9.92. The van der Waals surface area contributed by atoms with Gasteiger partial charge in [-0.2, -0.15) is 13.2 Å². The maximum Gasteiger partial charge on any atom is 0.389 e. The molecule has 0 saturated heterocycles. The average Bonchev–Trinajstić information content (AvgIpc) is 2.41. The fourth-order valence-electron chi connectivity index (χ4n) is 2.43. The highest BCUT2D eigenvalue weighted by Gasteiger charge is 2.29. The number of hydrogen-bond donors (Lipinski definition) is 1. The first-order valence-corrected chi connectivity index (χ1v) is 7.33. The average molecular weight is 287 g/mol. The third-order valence-electron chi connectivity index (χ3n) is 3.54. The molecule has 0 radical (unpaired) electrons. The molecule has 0 aliphatic carbocycles. The van der Waals surface area contributed by atoms with Crippen LogP contribution < -0.4 is 5.32 Å². The zero-order valence-electron chi connectivity index (χ0n) is 12.5. The fraction of sp³-hybridized carbons (Fsp3) is 0.625. The van der Waals surface area contributed by atoms with E-state index in [1.165, 1.54) is 5.56 Å². The first kappa shape index (κ1) is 17.0. The summed E-state index contributed by atoms with van der Waals surface area (Å²) in [4.78, 5) is 0. The van der Waals surface area contributed by atoms with Gasteiger partial charge in [-0.25, -0.2) is 0 Å². The van der Waals surface area contributed by atoms with Gasteiger partial charge in [0.25, 0.3) is 0 Å². The van der Waals surface area contributed by atoms with Crippen molar-refractivity contribution >= 4 is 0 Å². The molecule has 0 bridgehead atoms. The van der Waals surface area contributed by atoms with Crippen LogP contribution in [0.2, 0.25) is 0 Å². The summed E-state index contributed by atoms with van der Waals surface area (Å²) in [6, 6.07) is 5.95. The number of aryl methyl sites for hydroxylation is 2. The Balaban J connectivity index is 2.99. The Bertz CT molecular complexity index is 413. The minimum absolute atomic E-state index is 0.0947. The minimum Gasteiger partial charge on any atom is -0.310 e. The molecule has 1 nitrogen and oxygen atoms in total. The van der Waals surface area contributed by atoms with Crippen molar-refractivity contribution in [2.75, 3.05) is 6.54 Å². The van der Waals surface area contributed by atoms with Crippen LogP contribution in [0.5, 0.6) is 0 Å². The third-order valence-corrected chi connectivity index (χ3v) is 3.54. The van der Waals surface area contributed by atoms with Gasteiger partial charge in [0.15, 0.2) is 0 Å². The summed E-state index contributed by atoms with van der Waals surface area (Å²) in [6.45, 7) is 6.69. The standard InChI is InChI=1S/C16H24F3N/c1-4-12-7-8-13(5-2)14(11-12)15(20-6-3)9-10-16(17,18)19/h7-8,11,15,20H,4-6,9-10H2,1-3H3. The molecule has 0 aliphatic heterocycles. The number of hydrogen-bond acceptors (Lipinski definition) is 1. The normalized spacial score (nSPS) is 13.5. The number of benzene rings is 1. The van der Waals surface area contributed by atoms with Crippen molar-refractivity contribution in [1.82, 2.24) is 5.32 Å². The quantitative estimate of drug-likeness (QED) is 0.759. The van der Waals surface area contributed by atoms with E-state index < -0.39 is 12.6 Å². The Kier molecular flexibility index (Phi) is 6.53. The van der Waals surface area contributed by atoms with Crippen molar-refractivity contribution in [3.63, 3.8) is 0 Å². The molecule has 0 aliphatic rings. The second-order valence-electron chi connectivity index (χ2n) is 5.00. The summed E-state index contributed by atoms with van der Waals surface area (Å²) >= 11 is 0. The Morgan fingerprint density at radius 2 is 1.80 bits per heavy atom. The number of rotatable bonds is 7. The summed E-state index contributed by atoms with van der Waals surface area (Å²) in [5.74, 6) is 0. The van der Waals surface area contributed by atoms with Crippen molar-refractivity contribution in [2.45, 2.75) is 58.7 Å². The monoisotopic (exact) mass is 287 g/mol. The zero-order chi connectivity index (χ0) is 15.2.